The van der Waals surface area contributed by atoms with Gasteiger partial charge >= 0.3 is 5.97 Å². The van der Waals surface area contributed by atoms with E-state index in [0.717, 1.165) is 16.2 Å². The predicted octanol–water partition coefficient (Wildman–Crippen LogP) is 1.85. The SMILES string of the molecule is Cc1sc(C(=O)O)cc1CS(=O)(=O)C1CCOC1C. The Morgan fingerprint density at radius 2 is 2.26 bits per heavy atom. The largest absolute Gasteiger partial charge is 0.477 e. The van der Waals surface area contributed by atoms with Gasteiger partial charge in [-0.15, -0.1) is 11.3 Å². The molecule has 0 amide bonds. The van der Waals surface area contributed by atoms with Crippen LogP contribution in [-0.2, 0) is 20.3 Å². The van der Waals surface area contributed by atoms with Crippen molar-refractivity contribution in [2.75, 3.05) is 6.61 Å². The van der Waals surface area contributed by atoms with Crippen LogP contribution in [0.3, 0.4) is 0 Å². The van der Waals surface area contributed by atoms with Gasteiger partial charge in [-0.05, 0) is 31.9 Å². The number of carboxylic acids is 1. The third kappa shape index (κ3) is 2.98. The van der Waals surface area contributed by atoms with E-state index < -0.39 is 21.1 Å². The zero-order chi connectivity index (χ0) is 14.2. The van der Waals surface area contributed by atoms with Crippen LogP contribution in [0.5, 0.6) is 0 Å². The summed E-state index contributed by atoms with van der Waals surface area (Å²) >= 11 is 1.11. The molecule has 0 radical (unpaired) electrons. The zero-order valence-corrected chi connectivity index (χ0v) is 12.4. The van der Waals surface area contributed by atoms with Gasteiger partial charge in [0.05, 0.1) is 17.1 Å². The lowest BCUT2D eigenvalue weighted by molar-refractivity contribution is 0.0702. The van der Waals surface area contributed by atoms with E-state index in [1.807, 2.05) is 0 Å². The molecule has 2 unspecified atom stereocenters. The second kappa shape index (κ2) is 5.22. The average Bonchev–Trinajstić information content (AvgIpc) is 2.86. The Hall–Kier alpha value is -0.920. The molecular formula is C12H16O5S2. The van der Waals surface area contributed by atoms with E-state index in [0.29, 0.717) is 18.6 Å². The van der Waals surface area contributed by atoms with E-state index in [1.54, 1.807) is 13.8 Å². The molecule has 7 heteroatoms. The number of rotatable bonds is 4. The van der Waals surface area contributed by atoms with Crippen LogP contribution in [0.4, 0.5) is 0 Å². The molecule has 106 valence electrons. The lowest BCUT2D eigenvalue weighted by Crippen LogP contribution is -2.29. The quantitative estimate of drug-likeness (QED) is 0.918. The maximum atomic E-state index is 12.3. The van der Waals surface area contributed by atoms with E-state index in [4.69, 9.17) is 9.84 Å². The Labute approximate surface area is 116 Å². The molecule has 1 aliphatic heterocycles. The number of hydrogen-bond acceptors (Lipinski definition) is 5. The molecule has 0 bridgehead atoms. The minimum atomic E-state index is -3.31. The second-order valence-corrected chi connectivity index (χ2v) is 8.18. The van der Waals surface area contributed by atoms with Crippen molar-refractivity contribution in [1.29, 1.82) is 0 Å². The fourth-order valence-corrected chi connectivity index (χ4v) is 5.31. The second-order valence-electron chi connectivity index (χ2n) is 4.71. The Kier molecular flexibility index (Phi) is 3.98. The van der Waals surface area contributed by atoms with Gasteiger partial charge in [0.2, 0.25) is 0 Å². The van der Waals surface area contributed by atoms with Crippen LogP contribution in [0.25, 0.3) is 0 Å². The molecule has 19 heavy (non-hydrogen) atoms. The van der Waals surface area contributed by atoms with Crippen LogP contribution in [0.2, 0.25) is 0 Å². The first-order chi connectivity index (χ1) is 8.81. The van der Waals surface area contributed by atoms with Crippen molar-refractivity contribution < 1.29 is 23.1 Å². The summed E-state index contributed by atoms with van der Waals surface area (Å²) in [4.78, 5) is 11.8. The standard InChI is InChI=1S/C12H16O5S2/c1-7-11(3-4-17-7)19(15,16)6-9-5-10(12(13)14)18-8(9)2/h5,7,11H,3-4,6H2,1-2H3,(H,13,14). The molecule has 1 N–H and O–H groups in total. The molecule has 0 spiro atoms. The van der Waals surface area contributed by atoms with Gasteiger partial charge in [0, 0.05) is 11.5 Å². The van der Waals surface area contributed by atoms with Gasteiger partial charge in [-0.3, -0.25) is 0 Å². The monoisotopic (exact) mass is 304 g/mol. The van der Waals surface area contributed by atoms with E-state index in [-0.39, 0.29) is 16.7 Å². The Bertz CT molecular complexity index is 587. The van der Waals surface area contributed by atoms with Crippen LogP contribution in [0.1, 0.15) is 33.5 Å². The number of thiophene rings is 1. The molecule has 1 saturated heterocycles. The summed E-state index contributed by atoms with van der Waals surface area (Å²) in [6, 6.07) is 1.46. The lowest BCUT2D eigenvalue weighted by atomic mass is 10.2. The number of aryl methyl sites for hydroxylation is 1. The fourth-order valence-electron chi connectivity index (χ4n) is 2.28. The molecular weight excluding hydrogens is 288 g/mol. The number of carboxylic acid groups (broad SMARTS) is 1. The molecule has 2 atom stereocenters. The van der Waals surface area contributed by atoms with Gasteiger partial charge in [0.15, 0.2) is 9.84 Å². The van der Waals surface area contributed by atoms with Crippen LogP contribution in [0, 0.1) is 6.92 Å². The Balaban J connectivity index is 2.23. The average molecular weight is 304 g/mol. The van der Waals surface area contributed by atoms with E-state index in [2.05, 4.69) is 0 Å². The van der Waals surface area contributed by atoms with Gasteiger partial charge < -0.3 is 9.84 Å². The summed E-state index contributed by atoms with van der Waals surface area (Å²) in [5, 5.41) is 8.43. The van der Waals surface area contributed by atoms with Gasteiger partial charge in [0.1, 0.15) is 4.88 Å². The van der Waals surface area contributed by atoms with Crippen molar-refractivity contribution in [1.82, 2.24) is 0 Å². The van der Waals surface area contributed by atoms with Crippen LogP contribution in [-0.4, -0.2) is 37.5 Å². The number of ether oxygens (including phenoxy) is 1. The fraction of sp³-hybridized carbons (Fsp3) is 0.583. The van der Waals surface area contributed by atoms with Crippen molar-refractivity contribution >= 4 is 27.1 Å². The first kappa shape index (κ1) is 14.5. The van der Waals surface area contributed by atoms with Gasteiger partial charge in [-0.25, -0.2) is 13.2 Å². The Morgan fingerprint density at radius 1 is 1.58 bits per heavy atom. The third-order valence-electron chi connectivity index (χ3n) is 3.36. The summed E-state index contributed by atoms with van der Waals surface area (Å²) in [5.74, 6) is -1.13. The van der Waals surface area contributed by atoms with E-state index >= 15 is 0 Å². The third-order valence-corrected chi connectivity index (χ3v) is 6.69. The van der Waals surface area contributed by atoms with E-state index in [1.165, 1.54) is 6.07 Å². The van der Waals surface area contributed by atoms with Gasteiger partial charge in [-0.1, -0.05) is 0 Å². The topological polar surface area (TPSA) is 80.7 Å². The molecule has 2 heterocycles. The number of sulfone groups is 1. The smallest absolute Gasteiger partial charge is 0.345 e. The maximum Gasteiger partial charge on any atom is 0.345 e. The molecule has 5 nitrogen and oxygen atoms in total. The zero-order valence-electron chi connectivity index (χ0n) is 10.8. The molecule has 1 fully saturated rings. The number of aromatic carboxylic acids is 1. The highest BCUT2D eigenvalue weighted by molar-refractivity contribution is 7.91. The lowest BCUT2D eigenvalue weighted by Gasteiger charge is -2.14. The molecule has 2 rings (SSSR count). The predicted molar refractivity (Wildman–Crippen MR) is 72.5 cm³/mol. The van der Waals surface area contributed by atoms with Crippen molar-refractivity contribution in [3.05, 3.63) is 21.4 Å². The summed E-state index contributed by atoms with van der Waals surface area (Å²) in [7, 11) is -3.31. The normalized spacial score (nSPS) is 23.7. The van der Waals surface area contributed by atoms with Gasteiger partial charge in [0.25, 0.3) is 0 Å². The maximum absolute atomic E-state index is 12.3. The van der Waals surface area contributed by atoms with Gasteiger partial charge in [-0.2, -0.15) is 0 Å². The first-order valence-corrected chi connectivity index (χ1v) is 8.50. The van der Waals surface area contributed by atoms with Crippen molar-refractivity contribution in [2.45, 2.75) is 37.4 Å². The Morgan fingerprint density at radius 3 is 2.74 bits per heavy atom. The summed E-state index contributed by atoms with van der Waals surface area (Å²) in [5.41, 5.74) is 0.585. The minimum Gasteiger partial charge on any atom is -0.477 e. The van der Waals surface area contributed by atoms with Crippen LogP contribution >= 0.6 is 11.3 Å². The molecule has 1 aliphatic rings. The van der Waals surface area contributed by atoms with Crippen LogP contribution < -0.4 is 0 Å². The highest BCUT2D eigenvalue weighted by Gasteiger charge is 2.36. The molecule has 0 aliphatic carbocycles. The molecule has 0 saturated carbocycles. The number of hydrogen-bond donors (Lipinski definition) is 1. The van der Waals surface area contributed by atoms with Crippen LogP contribution in [0.15, 0.2) is 6.07 Å². The first-order valence-electron chi connectivity index (χ1n) is 5.97. The molecule has 1 aromatic rings. The summed E-state index contributed by atoms with van der Waals surface area (Å²) < 4.78 is 29.9. The minimum absolute atomic E-state index is 0.110. The highest BCUT2D eigenvalue weighted by Crippen LogP contribution is 2.28. The van der Waals surface area contributed by atoms with Crippen molar-refractivity contribution in [2.24, 2.45) is 0 Å². The van der Waals surface area contributed by atoms with Crippen molar-refractivity contribution in [3.8, 4) is 0 Å². The van der Waals surface area contributed by atoms with Crippen molar-refractivity contribution in [3.63, 3.8) is 0 Å². The number of carbonyl (C=O) groups is 1. The molecule has 0 aromatic carbocycles. The summed E-state index contributed by atoms with van der Waals surface area (Å²) in [6.07, 6.45) is 0.223. The van der Waals surface area contributed by atoms with E-state index in [9.17, 15) is 13.2 Å². The highest BCUT2D eigenvalue weighted by atomic mass is 32.2. The summed E-state index contributed by atoms with van der Waals surface area (Å²) in [6.45, 7) is 3.98. The molecule has 1 aromatic heterocycles.